The van der Waals surface area contributed by atoms with Gasteiger partial charge in [0.2, 0.25) is 0 Å². The maximum Gasteiger partial charge on any atom is 0.338 e. The number of nitrogens with one attached hydrogen (secondary N) is 1. The molecule has 1 aromatic carbocycles. The molecule has 0 saturated heterocycles. The summed E-state index contributed by atoms with van der Waals surface area (Å²) >= 11 is 0. The number of aromatic nitrogens is 1. The van der Waals surface area contributed by atoms with E-state index in [1.807, 2.05) is 0 Å². The summed E-state index contributed by atoms with van der Waals surface area (Å²) in [6.07, 6.45) is -0.323. The number of H-pyrrole nitrogens is 1. The molecule has 0 amide bonds. The molecule has 0 unspecified atom stereocenters. The predicted octanol–water partition coefficient (Wildman–Crippen LogP) is 1.49. The first-order valence-electron chi connectivity index (χ1n) is 4.64. The molecule has 82 valence electrons. The number of carbonyl (C=O) groups is 2. The van der Waals surface area contributed by atoms with Crippen LogP contribution in [-0.2, 0) is 11.2 Å². The van der Waals surface area contributed by atoms with Crippen LogP contribution >= 0.6 is 0 Å². The first-order chi connectivity index (χ1) is 7.59. The van der Waals surface area contributed by atoms with Crippen molar-refractivity contribution in [1.29, 1.82) is 0 Å². The lowest BCUT2D eigenvalue weighted by atomic mass is 10.1. The first kappa shape index (κ1) is 10.2. The molecule has 0 bridgehead atoms. The predicted molar refractivity (Wildman–Crippen MR) is 56.6 cm³/mol. The van der Waals surface area contributed by atoms with Crippen LogP contribution in [0.2, 0.25) is 0 Å². The second-order valence-electron chi connectivity index (χ2n) is 3.40. The number of carboxylic acids is 2. The molecule has 2 aromatic rings. The highest BCUT2D eigenvalue weighted by Gasteiger charge is 2.18. The van der Waals surface area contributed by atoms with Crippen LogP contribution in [0.3, 0.4) is 0 Å². The number of para-hydroxylation sites is 1. The van der Waals surface area contributed by atoms with Crippen LogP contribution in [0.25, 0.3) is 10.9 Å². The van der Waals surface area contributed by atoms with Gasteiger partial charge in [-0.3, -0.25) is 4.79 Å². The fourth-order valence-corrected chi connectivity index (χ4v) is 1.73. The van der Waals surface area contributed by atoms with Gasteiger partial charge < -0.3 is 15.2 Å². The first-order valence-corrected chi connectivity index (χ1v) is 4.64. The zero-order valence-corrected chi connectivity index (χ0v) is 8.23. The van der Waals surface area contributed by atoms with Crippen molar-refractivity contribution >= 4 is 22.8 Å². The van der Waals surface area contributed by atoms with Gasteiger partial charge >= 0.3 is 11.9 Å². The Morgan fingerprint density at radius 1 is 1.19 bits per heavy atom. The largest absolute Gasteiger partial charge is 0.481 e. The van der Waals surface area contributed by atoms with E-state index in [9.17, 15) is 9.59 Å². The molecule has 2 rings (SSSR count). The molecular formula is C11H9NO4. The van der Waals surface area contributed by atoms with Crippen LogP contribution in [0.1, 0.15) is 16.1 Å². The van der Waals surface area contributed by atoms with Gasteiger partial charge in [-0.1, -0.05) is 18.2 Å². The van der Waals surface area contributed by atoms with Crippen molar-refractivity contribution in [3.63, 3.8) is 0 Å². The van der Waals surface area contributed by atoms with Crippen molar-refractivity contribution in [2.45, 2.75) is 6.42 Å². The topological polar surface area (TPSA) is 90.4 Å². The second kappa shape index (κ2) is 3.69. The number of hydrogen-bond acceptors (Lipinski definition) is 2. The van der Waals surface area contributed by atoms with E-state index < -0.39 is 11.9 Å². The Balaban J connectivity index is 2.68. The number of aliphatic carboxylic acids is 1. The molecule has 0 aliphatic rings. The average molecular weight is 219 g/mol. The van der Waals surface area contributed by atoms with Gasteiger partial charge in [-0.15, -0.1) is 0 Å². The fourth-order valence-electron chi connectivity index (χ4n) is 1.73. The van der Waals surface area contributed by atoms with Gasteiger partial charge in [-0.25, -0.2) is 4.79 Å². The summed E-state index contributed by atoms with van der Waals surface area (Å²) in [5, 5.41) is 18.3. The molecule has 5 nitrogen and oxygen atoms in total. The molecule has 0 spiro atoms. The number of fused-ring (bicyclic) bond motifs is 1. The maximum absolute atomic E-state index is 11.1. The van der Waals surface area contributed by atoms with E-state index >= 15 is 0 Å². The van der Waals surface area contributed by atoms with Gasteiger partial charge in [-0.2, -0.15) is 0 Å². The lowest BCUT2D eigenvalue weighted by Crippen LogP contribution is -2.06. The number of carboxylic acid groups (broad SMARTS) is 2. The van der Waals surface area contributed by atoms with E-state index in [0.29, 0.717) is 10.9 Å². The van der Waals surface area contributed by atoms with Crippen LogP contribution in [0.5, 0.6) is 0 Å². The summed E-state index contributed by atoms with van der Waals surface area (Å²) < 4.78 is 0. The summed E-state index contributed by atoms with van der Waals surface area (Å²) in [6.45, 7) is 0. The Morgan fingerprint density at radius 3 is 2.50 bits per heavy atom. The van der Waals surface area contributed by atoms with Gasteiger partial charge in [-0.05, 0) is 6.07 Å². The Bertz CT molecular complexity index is 570. The van der Waals surface area contributed by atoms with Gasteiger partial charge in [0.25, 0.3) is 0 Å². The third-order valence-corrected chi connectivity index (χ3v) is 2.33. The average Bonchev–Trinajstić information content (AvgIpc) is 2.53. The fraction of sp³-hybridized carbons (Fsp3) is 0.0909. The molecule has 5 heteroatoms. The van der Waals surface area contributed by atoms with E-state index in [-0.39, 0.29) is 17.7 Å². The minimum atomic E-state index is -1.12. The lowest BCUT2D eigenvalue weighted by Gasteiger charge is -1.95. The van der Waals surface area contributed by atoms with E-state index in [4.69, 9.17) is 10.2 Å². The number of hydrogen-bond donors (Lipinski definition) is 3. The van der Waals surface area contributed by atoms with Crippen LogP contribution in [0.15, 0.2) is 24.3 Å². The molecule has 0 aliphatic carbocycles. The van der Waals surface area contributed by atoms with Crippen molar-refractivity contribution in [3.05, 3.63) is 35.5 Å². The molecule has 1 heterocycles. The van der Waals surface area contributed by atoms with Crippen LogP contribution in [-0.4, -0.2) is 27.1 Å². The molecule has 0 radical (unpaired) electrons. The van der Waals surface area contributed by atoms with Gasteiger partial charge in [0.05, 0.1) is 12.0 Å². The van der Waals surface area contributed by atoms with Crippen LogP contribution < -0.4 is 0 Å². The molecule has 0 saturated carbocycles. The number of rotatable bonds is 3. The molecule has 0 atom stereocenters. The Labute approximate surface area is 90.3 Å². The quantitative estimate of drug-likeness (QED) is 0.729. The zero-order chi connectivity index (χ0) is 11.7. The van der Waals surface area contributed by atoms with Crippen molar-refractivity contribution in [2.75, 3.05) is 0 Å². The number of aromatic amines is 1. The Hall–Kier alpha value is -2.30. The molecular weight excluding hydrogens is 210 g/mol. The third-order valence-electron chi connectivity index (χ3n) is 2.33. The molecule has 0 aliphatic heterocycles. The van der Waals surface area contributed by atoms with E-state index in [1.54, 1.807) is 24.3 Å². The van der Waals surface area contributed by atoms with E-state index in [0.717, 1.165) is 0 Å². The van der Waals surface area contributed by atoms with Crippen LogP contribution in [0.4, 0.5) is 0 Å². The SMILES string of the molecule is O=C(O)Cc1[nH]c2ccccc2c1C(=O)O. The highest BCUT2D eigenvalue weighted by molar-refractivity contribution is 6.05. The molecule has 3 N–H and O–H groups in total. The van der Waals surface area contributed by atoms with Crippen molar-refractivity contribution in [1.82, 2.24) is 4.98 Å². The molecule has 16 heavy (non-hydrogen) atoms. The van der Waals surface area contributed by atoms with Crippen LogP contribution in [0, 0.1) is 0 Å². The van der Waals surface area contributed by atoms with Gasteiger partial charge in [0.15, 0.2) is 0 Å². The van der Waals surface area contributed by atoms with Crippen molar-refractivity contribution in [2.24, 2.45) is 0 Å². The van der Waals surface area contributed by atoms with E-state index in [2.05, 4.69) is 4.98 Å². The minimum absolute atomic E-state index is 0.0398. The zero-order valence-electron chi connectivity index (χ0n) is 8.23. The Morgan fingerprint density at radius 2 is 1.88 bits per heavy atom. The maximum atomic E-state index is 11.1. The molecule has 0 fully saturated rings. The smallest absolute Gasteiger partial charge is 0.338 e. The monoisotopic (exact) mass is 219 g/mol. The summed E-state index contributed by atoms with van der Waals surface area (Å²) in [5.41, 5.74) is 0.898. The van der Waals surface area contributed by atoms with E-state index in [1.165, 1.54) is 0 Å². The minimum Gasteiger partial charge on any atom is -0.481 e. The summed E-state index contributed by atoms with van der Waals surface area (Å²) in [5.74, 6) is -2.18. The van der Waals surface area contributed by atoms with Gasteiger partial charge in [0.1, 0.15) is 0 Å². The summed E-state index contributed by atoms with van der Waals surface area (Å²) in [7, 11) is 0. The molecule has 1 aromatic heterocycles. The number of aromatic carboxylic acids is 1. The Kier molecular flexibility index (Phi) is 2.36. The van der Waals surface area contributed by atoms with Crippen molar-refractivity contribution in [3.8, 4) is 0 Å². The highest BCUT2D eigenvalue weighted by Crippen LogP contribution is 2.22. The number of benzene rings is 1. The van der Waals surface area contributed by atoms with Crippen molar-refractivity contribution < 1.29 is 19.8 Å². The van der Waals surface area contributed by atoms with Gasteiger partial charge in [0, 0.05) is 16.6 Å². The normalized spacial score (nSPS) is 10.5. The third kappa shape index (κ3) is 1.63. The highest BCUT2D eigenvalue weighted by atomic mass is 16.4. The summed E-state index contributed by atoms with van der Waals surface area (Å²) in [4.78, 5) is 24.5. The lowest BCUT2D eigenvalue weighted by molar-refractivity contribution is -0.136. The summed E-state index contributed by atoms with van der Waals surface area (Å²) in [6, 6.07) is 6.84. The second-order valence-corrected chi connectivity index (χ2v) is 3.40. The standard InChI is InChI=1S/C11H9NO4/c13-9(14)5-8-10(11(15)16)6-3-1-2-4-7(6)12-8/h1-4,12H,5H2,(H,13,14)(H,15,16).